The summed E-state index contributed by atoms with van der Waals surface area (Å²) < 4.78 is 1.90. The topological polar surface area (TPSA) is 29.9 Å². The van der Waals surface area contributed by atoms with E-state index in [0.29, 0.717) is 6.04 Å². The minimum Gasteiger partial charge on any atom is -0.310 e. The van der Waals surface area contributed by atoms with Gasteiger partial charge in [0.05, 0.1) is 5.69 Å². The zero-order chi connectivity index (χ0) is 15.2. The van der Waals surface area contributed by atoms with Gasteiger partial charge in [0, 0.05) is 24.8 Å². The van der Waals surface area contributed by atoms with Crippen molar-refractivity contribution >= 4 is 0 Å². The minimum atomic E-state index is 0.457. The van der Waals surface area contributed by atoms with Crippen LogP contribution in [0.15, 0.2) is 30.5 Å². The number of aromatic nitrogens is 2. The molecule has 0 saturated carbocycles. The molecule has 0 aliphatic carbocycles. The van der Waals surface area contributed by atoms with Gasteiger partial charge in [-0.3, -0.25) is 4.68 Å². The number of nitrogens with zero attached hydrogens (tertiary/aromatic N) is 2. The van der Waals surface area contributed by atoms with Gasteiger partial charge in [0.2, 0.25) is 0 Å². The molecule has 1 aromatic heterocycles. The Morgan fingerprint density at radius 2 is 1.86 bits per heavy atom. The van der Waals surface area contributed by atoms with E-state index in [1.165, 1.54) is 28.8 Å². The summed E-state index contributed by atoms with van der Waals surface area (Å²) in [4.78, 5) is 0. The molecule has 114 valence electrons. The van der Waals surface area contributed by atoms with Gasteiger partial charge in [-0.25, -0.2) is 0 Å². The summed E-state index contributed by atoms with van der Waals surface area (Å²) in [6.45, 7) is 7.67. The van der Waals surface area contributed by atoms with E-state index in [1.54, 1.807) is 0 Å². The van der Waals surface area contributed by atoms with Gasteiger partial charge in [0.1, 0.15) is 0 Å². The van der Waals surface area contributed by atoms with Gasteiger partial charge in [0.15, 0.2) is 0 Å². The van der Waals surface area contributed by atoms with Crippen LogP contribution in [0.25, 0.3) is 11.1 Å². The summed E-state index contributed by atoms with van der Waals surface area (Å²) >= 11 is 0. The fraction of sp³-hybridized carbons (Fsp3) is 0.500. The smallest absolute Gasteiger partial charge is 0.0700 e. The molecule has 0 saturated heterocycles. The number of aryl methyl sites for hydroxylation is 2. The second-order valence-electron chi connectivity index (χ2n) is 5.55. The fourth-order valence-corrected chi connectivity index (χ4v) is 2.75. The molecule has 1 atom stereocenters. The van der Waals surface area contributed by atoms with E-state index in [2.05, 4.69) is 61.6 Å². The predicted octanol–water partition coefficient (Wildman–Crippen LogP) is 4.10. The van der Waals surface area contributed by atoms with Crippen molar-refractivity contribution in [3.05, 3.63) is 41.7 Å². The standard InChI is InChI=1S/C18H27N3/c1-5-12-19-17(6-2)15-10-8-14(9-11-15)16-13-21(4)20-18(16)7-3/h8-11,13,17,19H,5-7,12H2,1-4H3. The van der Waals surface area contributed by atoms with Crippen molar-refractivity contribution in [3.8, 4) is 11.1 Å². The fourth-order valence-electron chi connectivity index (χ4n) is 2.75. The van der Waals surface area contributed by atoms with Crippen molar-refractivity contribution in [1.82, 2.24) is 15.1 Å². The molecule has 21 heavy (non-hydrogen) atoms. The quantitative estimate of drug-likeness (QED) is 0.830. The molecule has 0 radical (unpaired) electrons. The molecule has 2 aromatic rings. The second-order valence-corrected chi connectivity index (χ2v) is 5.55. The third-order valence-electron chi connectivity index (χ3n) is 3.91. The molecule has 0 spiro atoms. The Hall–Kier alpha value is -1.61. The first-order valence-electron chi connectivity index (χ1n) is 8.05. The molecular formula is C18H27N3. The van der Waals surface area contributed by atoms with Crippen LogP contribution in [0.4, 0.5) is 0 Å². The van der Waals surface area contributed by atoms with E-state index < -0.39 is 0 Å². The molecule has 1 aromatic carbocycles. The molecule has 3 heteroatoms. The third kappa shape index (κ3) is 3.73. The van der Waals surface area contributed by atoms with E-state index in [0.717, 1.165) is 19.4 Å². The number of hydrogen-bond acceptors (Lipinski definition) is 2. The predicted molar refractivity (Wildman–Crippen MR) is 89.3 cm³/mol. The van der Waals surface area contributed by atoms with Crippen molar-refractivity contribution in [1.29, 1.82) is 0 Å². The lowest BCUT2D eigenvalue weighted by atomic mass is 9.99. The van der Waals surface area contributed by atoms with Crippen LogP contribution in [0, 0.1) is 0 Å². The Morgan fingerprint density at radius 1 is 1.14 bits per heavy atom. The highest BCUT2D eigenvalue weighted by Crippen LogP contribution is 2.26. The Labute approximate surface area is 128 Å². The lowest BCUT2D eigenvalue weighted by molar-refractivity contribution is 0.518. The molecule has 0 aliphatic heterocycles. The van der Waals surface area contributed by atoms with Crippen LogP contribution >= 0.6 is 0 Å². The molecule has 0 bridgehead atoms. The average molecular weight is 285 g/mol. The summed E-state index contributed by atoms with van der Waals surface area (Å²) in [5.74, 6) is 0. The van der Waals surface area contributed by atoms with E-state index >= 15 is 0 Å². The van der Waals surface area contributed by atoms with Gasteiger partial charge >= 0.3 is 0 Å². The summed E-state index contributed by atoms with van der Waals surface area (Å²) in [6.07, 6.45) is 5.37. The zero-order valence-corrected chi connectivity index (χ0v) is 13.7. The Kier molecular flexibility index (Phi) is 5.57. The zero-order valence-electron chi connectivity index (χ0n) is 13.7. The third-order valence-corrected chi connectivity index (χ3v) is 3.91. The molecular weight excluding hydrogens is 258 g/mol. The van der Waals surface area contributed by atoms with E-state index in [9.17, 15) is 0 Å². The molecule has 2 rings (SSSR count). The van der Waals surface area contributed by atoms with Crippen LogP contribution in [-0.4, -0.2) is 16.3 Å². The van der Waals surface area contributed by atoms with Crippen LogP contribution in [0.1, 0.15) is 50.9 Å². The van der Waals surface area contributed by atoms with Crippen LogP contribution in [-0.2, 0) is 13.5 Å². The summed E-state index contributed by atoms with van der Waals surface area (Å²) in [6, 6.07) is 9.40. The average Bonchev–Trinajstić information content (AvgIpc) is 2.90. The van der Waals surface area contributed by atoms with Gasteiger partial charge < -0.3 is 5.32 Å². The van der Waals surface area contributed by atoms with Crippen molar-refractivity contribution < 1.29 is 0 Å². The maximum atomic E-state index is 4.52. The van der Waals surface area contributed by atoms with E-state index in [4.69, 9.17) is 0 Å². The number of hydrogen-bond donors (Lipinski definition) is 1. The SMILES string of the molecule is CCCNC(CC)c1ccc(-c2cn(C)nc2CC)cc1. The van der Waals surface area contributed by atoms with Crippen LogP contribution in [0.5, 0.6) is 0 Å². The Bertz CT molecular complexity index is 554. The highest BCUT2D eigenvalue weighted by Gasteiger charge is 2.11. The monoisotopic (exact) mass is 285 g/mol. The molecule has 0 aliphatic rings. The maximum absolute atomic E-state index is 4.52. The first-order chi connectivity index (χ1) is 10.2. The minimum absolute atomic E-state index is 0.457. The van der Waals surface area contributed by atoms with Gasteiger partial charge in [-0.1, -0.05) is 45.0 Å². The number of nitrogens with one attached hydrogen (secondary N) is 1. The molecule has 0 amide bonds. The van der Waals surface area contributed by atoms with Gasteiger partial charge in [-0.2, -0.15) is 5.10 Å². The Balaban J connectivity index is 2.21. The van der Waals surface area contributed by atoms with Gasteiger partial charge in [-0.05, 0) is 36.9 Å². The van der Waals surface area contributed by atoms with Crippen LogP contribution in [0.2, 0.25) is 0 Å². The normalized spacial score (nSPS) is 12.6. The largest absolute Gasteiger partial charge is 0.310 e. The number of benzene rings is 1. The molecule has 1 N–H and O–H groups in total. The molecule has 1 heterocycles. The number of rotatable bonds is 7. The highest BCUT2D eigenvalue weighted by molar-refractivity contribution is 5.65. The van der Waals surface area contributed by atoms with Crippen molar-refractivity contribution in [2.75, 3.05) is 6.54 Å². The molecule has 3 nitrogen and oxygen atoms in total. The molecule has 1 unspecified atom stereocenters. The van der Waals surface area contributed by atoms with Crippen LogP contribution in [0.3, 0.4) is 0 Å². The maximum Gasteiger partial charge on any atom is 0.0700 e. The lowest BCUT2D eigenvalue weighted by Crippen LogP contribution is -2.21. The lowest BCUT2D eigenvalue weighted by Gasteiger charge is -2.17. The summed E-state index contributed by atoms with van der Waals surface area (Å²) in [5, 5.41) is 8.13. The summed E-state index contributed by atoms with van der Waals surface area (Å²) in [7, 11) is 1.98. The van der Waals surface area contributed by atoms with Crippen molar-refractivity contribution in [2.45, 2.75) is 46.1 Å². The van der Waals surface area contributed by atoms with E-state index in [-0.39, 0.29) is 0 Å². The molecule has 0 fully saturated rings. The van der Waals surface area contributed by atoms with E-state index in [1.807, 2.05) is 11.7 Å². The van der Waals surface area contributed by atoms with Crippen molar-refractivity contribution in [2.24, 2.45) is 7.05 Å². The van der Waals surface area contributed by atoms with Crippen molar-refractivity contribution in [3.63, 3.8) is 0 Å². The highest BCUT2D eigenvalue weighted by atomic mass is 15.2. The Morgan fingerprint density at radius 3 is 2.43 bits per heavy atom. The first kappa shape index (κ1) is 15.8. The van der Waals surface area contributed by atoms with Gasteiger partial charge in [0.25, 0.3) is 0 Å². The van der Waals surface area contributed by atoms with Crippen LogP contribution < -0.4 is 5.32 Å². The first-order valence-corrected chi connectivity index (χ1v) is 8.05. The second kappa shape index (κ2) is 7.41. The van der Waals surface area contributed by atoms with Gasteiger partial charge in [-0.15, -0.1) is 0 Å². The summed E-state index contributed by atoms with van der Waals surface area (Å²) in [5.41, 5.74) is 5.05.